The molecule has 0 saturated carbocycles. The molecule has 44 heavy (non-hydrogen) atoms. The molecule has 2 aromatic rings. The zero-order valence-corrected chi connectivity index (χ0v) is 27.8. The standard InChI is InChI=1S/C17H27N3O3.C16H26N2O3/c1-11(2)18-15-8-6-14(7-9-15)10-23-17(22)20-13(5)16(21)19-12(3)4;1-12(2)18-15-7-5-14(6-8-15)11-21-16(19)17-9-10-20-13(3)4/h6-9,11-13,18H,10H2,1-5H3,(H,19,21)(H,20,22);5-8,12-13,18H,9-11H2,1-4H3,(H,17,19). The van der Waals surface area contributed by atoms with Crippen LogP contribution in [0.5, 0.6) is 0 Å². The maximum Gasteiger partial charge on any atom is 0.408 e. The molecule has 0 radical (unpaired) electrons. The highest BCUT2D eigenvalue weighted by Crippen LogP contribution is 2.12. The smallest absolute Gasteiger partial charge is 0.408 e. The Labute approximate surface area is 263 Å². The fraction of sp³-hybridized carbons (Fsp3) is 0.545. The van der Waals surface area contributed by atoms with Crippen molar-refractivity contribution in [1.82, 2.24) is 16.0 Å². The zero-order valence-electron chi connectivity index (χ0n) is 27.8. The van der Waals surface area contributed by atoms with Crippen molar-refractivity contribution in [3.05, 3.63) is 59.7 Å². The van der Waals surface area contributed by atoms with Crippen LogP contribution >= 0.6 is 0 Å². The van der Waals surface area contributed by atoms with Crippen molar-refractivity contribution < 1.29 is 28.6 Å². The van der Waals surface area contributed by atoms with Gasteiger partial charge in [0.1, 0.15) is 19.3 Å². The molecular formula is C33H53N5O6. The zero-order chi connectivity index (χ0) is 33.1. The van der Waals surface area contributed by atoms with Crippen LogP contribution in [0.2, 0.25) is 0 Å². The van der Waals surface area contributed by atoms with Crippen LogP contribution in [0.1, 0.15) is 73.4 Å². The molecular weight excluding hydrogens is 562 g/mol. The Morgan fingerprint density at radius 3 is 1.48 bits per heavy atom. The van der Waals surface area contributed by atoms with Gasteiger partial charge < -0.3 is 40.8 Å². The Balaban J connectivity index is 0.000000442. The number of benzene rings is 2. The lowest BCUT2D eigenvalue weighted by Gasteiger charge is -2.16. The van der Waals surface area contributed by atoms with E-state index in [0.717, 1.165) is 22.5 Å². The third-order valence-corrected chi connectivity index (χ3v) is 5.54. The summed E-state index contributed by atoms with van der Waals surface area (Å²) < 4.78 is 15.6. The second-order valence-corrected chi connectivity index (χ2v) is 11.5. The predicted octanol–water partition coefficient (Wildman–Crippen LogP) is 5.80. The number of hydrogen-bond acceptors (Lipinski definition) is 8. The first-order chi connectivity index (χ1) is 20.7. The lowest BCUT2D eigenvalue weighted by Crippen LogP contribution is -2.46. The van der Waals surface area contributed by atoms with E-state index in [1.165, 1.54) is 0 Å². The highest BCUT2D eigenvalue weighted by Gasteiger charge is 2.16. The largest absolute Gasteiger partial charge is 0.445 e. The van der Waals surface area contributed by atoms with E-state index in [4.69, 9.17) is 14.2 Å². The first kappa shape index (κ1) is 38.0. The number of nitrogens with one attached hydrogen (secondary N) is 5. The highest BCUT2D eigenvalue weighted by atomic mass is 16.6. The van der Waals surface area contributed by atoms with Crippen molar-refractivity contribution in [2.75, 3.05) is 23.8 Å². The van der Waals surface area contributed by atoms with E-state index >= 15 is 0 Å². The summed E-state index contributed by atoms with van der Waals surface area (Å²) in [6.45, 7) is 18.9. The minimum atomic E-state index is -0.637. The summed E-state index contributed by atoms with van der Waals surface area (Å²) in [5.41, 5.74) is 3.92. The van der Waals surface area contributed by atoms with Crippen LogP contribution in [0.15, 0.2) is 48.5 Å². The van der Waals surface area contributed by atoms with Gasteiger partial charge in [-0.1, -0.05) is 24.3 Å². The normalized spacial score (nSPS) is 11.4. The van der Waals surface area contributed by atoms with E-state index < -0.39 is 18.2 Å². The van der Waals surface area contributed by atoms with Crippen molar-refractivity contribution >= 4 is 29.5 Å². The number of carbonyl (C=O) groups is 3. The van der Waals surface area contributed by atoms with Crippen LogP contribution in [0.25, 0.3) is 0 Å². The summed E-state index contributed by atoms with van der Waals surface area (Å²) in [6.07, 6.45) is -0.867. The third kappa shape index (κ3) is 18.5. The van der Waals surface area contributed by atoms with E-state index in [9.17, 15) is 14.4 Å². The molecule has 0 aromatic heterocycles. The number of amides is 3. The van der Waals surface area contributed by atoms with E-state index in [1.807, 2.05) is 76.2 Å². The van der Waals surface area contributed by atoms with Gasteiger partial charge in [-0.25, -0.2) is 9.59 Å². The lowest BCUT2D eigenvalue weighted by molar-refractivity contribution is -0.123. The predicted molar refractivity (Wildman–Crippen MR) is 176 cm³/mol. The van der Waals surface area contributed by atoms with Gasteiger partial charge in [0.2, 0.25) is 5.91 Å². The van der Waals surface area contributed by atoms with Gasteiger partial charge >= 0.3 is 12.2 Å². The van der Waals surface area contributed by atoms with E-state index in [-0.39, 0.29) is 31.3 Å². The average Bonchev–Trinajstić information content (AvgIpc) is 2.94. The van der Waals surface area contributed by atoms with Gasteiger partial charge in [0.15, 0.2) is 0 Å². The van der Waals surface area contributed by atoms with Gasteiger partial charge in [-0.3, -0.25) is 4.79 Å². The van der Waals surface area contributed by atoms with E-state index in [0.29, 0.717) is 25.2 Å². The van der Waals surface area contributed by atoms with Crippen molar-refractivity contribution in [2.24, 2.45) is 0 Å². The van der Waals surface area contributed by atoms with Crippen LogP contribution in [-0.4, -0.2) is 61.5 Å². The summed E-state index contributed by atoms with van der Waals surface area (Å²) >= 11 is 0. The molecule has 0 spiro atoms. The molecule has 5 N–H and O–H groups in total. The van der Waals surface area contributed by atoms with Crippen LogP contribution in [-0.2, 0) is 32.2 Å². The molecule has 0 aliphatic carbocycles. The molecule has 3 amide bonds. The Morgan fingerprint density at radius 1 is 0.614 bits per heavy atom. The number of alkyl carbamates (subject to hydrolysis) is 2. The summed E-state index contributed by atoms with van der Waals surface area (Å²) in [7, 11) is 0. The fourth-order valence-corrected chi connectivity index (χ4v) is 3.55. The molecule has 0 fully saturated rings. The molecule has 1 unspecified atom stereocenters. The van der Waals surface area contributed by atoms with Crippen molar-refractivity contribution in [3.8, 4) is 0 Å². The third-order valence-electron chi connectivity index (χ3n) is 5.54. The van der Waals surface area contributed by atoms with Gasteiger partial charge in [0, 0.05) is 36.0 Å². The summed E-state index contributed by atoms with van der Waals surface area (Å²) in [4.78, 5) is 34.9. The molecule has 0 heterocycles. The first-order valence-corrected chi connectivity index (χ1v) is 15.2. The number of carbonyl (C=O) groups excluding carboxylic acids is 3. The molecule has 2 aromatic carbocycles. The minimum absolute atomic E-state index is 0.0285. The maximum absolute atomic E-state index is 11.7. The first-order valence-electron chi connectivity index (χ1n) is 15.2. The van der Waals surface area contributed by atoms with Crippen LogP contribution < -0.4 is 26.6 Å². The average molecular weight is 616 g/mol. The van der Waals surface area contributed by atoms with Crippen molar-refractivity contribution in [1.29, 1.82) is 0 Å². The SMILES string of the molecule is CC(C)NC(=O)C(C)NC(=O)OCc1ccc(NC(C)C)cc1.CC(C)Nc1ccc(COC(=O)NCCOC(C)C)cc1. The monoisotopic (exact) mass is 615 g/mol. The van der Waals surface area contributed by atoms with Gasteiger partial charge in [-0.2, -0.15) is 0 Å². The van der Waals surface area contributed by atoms with Crippen molar-refractivity contribution in [2.45, 2.75) is 106 Å². The molecule has 0 bridgehead atoms. The van der Waals surface area contributed by atoms with Gasteiger partial charge in [0.25, 0.3) is 0 Å². The summed E-state index contributed by atoms with van der Waals surface area (Å²) in [6, 6.07) is 15.7. The van der Waals surface area contributed by atoms with E-state index in [2.05, 4.69) is 54.3 Å². The Bertz CT molecular complexity index is 1100. The molecule has 1 atom stereocenters. The second-order valence-electron chi connectivity index (χ2n) is 11.5. The van der Waals surface area contributed by atoms with Crippen LogP contribution in [0.3, 0.4) is 0 Å². The molecule has 246 valence electrons. The molecule has 0 saturated heterocycles. The van der Waals surface area contributed by atoms with Gasteiger partial charge in [-0.15, -0.1) is 0 Å². The number of rotatable bonds is 15. The molecule has 2 rings (SSSR count). The summed E-state index contributed by atoms with van der Waals surface area (Å²) in [5, 5.41) is 14.5. The number of ether oxygens (including phenoxy) is 3. The van der Waals surface area contributed by atoms with E-state index in [1.54, 1.807) is 6.92 Å². The maximum atomic E-state index is 11.7. The van der Waals surface area contributed by atoms with Gasteiger partial charge in [0.05, 0.1) is 12.7 Å². The Kier molecular flexibility index (Phi) is 18.0. The van der Waals surface area contributed by atoms with Crippen molar-refractivity contribution in [3.63, 3.8) is 0 Å². The summed E-state index contributed by atoms with van der Waals surface area (Å²) in [5.74, 6) is -0.235. The lowest BCUT2D eigenvalue weighted by atomic mass is 10.2. The second kappa shape index (κ2) is 20.8. The van der Waals surface area contributed by atoms with Gasteiger partial charge in [-0.05, 0) is 97.7 Å². The molecule has 0 aliphatic heterocycles. The minimum Gasteiger partial charge on any atom is -0.445 e. The number of hydrogen-bond donors (Lipinski definition) is 5. The molecule has 11 nitrogen and oxygen atoms in total. The van der Waals surface area contributed by atoms with Crippen LogP contribution in [0, 0.1) is 0 Å². The highest BCUT2D eigenvalue weighted by molar-refractivity contribution is 5.85. The topological polar surface area (TPSA) is 139 Å². The van der Waals surface area contributed by atoms with Crippen LogP contribution in [0.4, 0.5) is 21.0 Å². The Morgan fingerprint density at radius 2 is 1.07 bits per heavy atom. The quantitative estimate of drug-likeness (QED) is 0.158. The Hall–Kier alpha value is -3.99. The molecule has 11 heteroatoms. The fourth-order valence-electron chi connectivity index (χ4n) is 3.55. The molecule has 0 aliphatic rings. The number of anilines is 2.